The van der Waals surface area contributed by atoms with Gasteiger partial charge in [0, 0.05) is 38.0 Å². The quantitative estimate of drug-likeness (QED) is 0.390. The van der Waals surface area contributed by atoms with E-state index in [4.69, 9.17) is 0 Å². The predicted molar refractivity (Wildman–Crippen MR) is 128 cm³/mol. The van der Waals surface area contributed by atoms with Crippen LogP contribution in [0.3, 0.4) is 0 Å². The third-order valence-corrected chi connectivity index (χ3v) is 5.88. The predicted octanol–water partition coefficient (Wildman–Crippen LogP) is 4.25. The zero-order valence-electron chi connectivity index (χ0n) is 19.4. The van der Waals surface area contributed by atoms with Gasteiger partial charge in [0.1, 0.15) is 5.82 Å². The number of nitrogens with zero attached hydrogens (tertiary/aromatic N) is 4. The summed E-state index contributed by atoms with van der Waals surface area (Å²) < 4.78 is 40.1. The number of anilines is 1. The number of halogens is 3. The van der Waals surface area contributed by atoms with E-state index in [1.54, 1.807) is 29.2 Å². The van der Waals surface area contributed by atoms with Crippen LogP contribution >= 0.6 is 0 Å². The van der Waals surface area contributed by atoms with Gasteiger partial charge in [-0.05, 0) is 36.2 Å². The summed E-state index contributed by atoms with van der Waals surface area (Å²) in [4.78, 5) is 43.0. The molecular formula is C25H22F3N5O4. The minimum atomic E-state index is -4.64. The second-order valence-corrected chi connectivity index (χ2v) is 8.38. The molecule has 2 amide bonds. The lowest BCUT2D eigenvalue weighted by atomic mass is 10.1. The molecule has 0 bridgehead atoms. The van der Waals surface area contributed by atoms with Gasteiger partial charge in [0.05, 0.1) is 28.3 Å². The number of amides is 2. The lowest BCUT2D eigenvalue weighted by Gasteiger charge is -2.36. The second kappa shape index (κ2) is 10.6. The van der Waals surface area contributed by atoms with Gasteiger partial charge in [-0.15, -0.1) is 0 Å². The first kappa shape index (κ1) is 25.6. The summed E-state index contributed by atoms with van der Waals surface area (Å²) in [7, 11) is 0. The molecule has 192 valence electrons. The maximum Gasteiger partial charge on any atom is 0.417 e. The number of rotatable bonds is 6. The van der Waals surface area contributed by atoms with Crippen LogP contribution in [0.15, 0.2) is 66.9 Å². The van der Waals surface area contributed by atoms with E-state index in [1.165, 1.54) is 41.4 Å². The van der Waals surface area contributed by atoms with Crippen LogP contribution in [0.2, 0.25) is 0 Å². The number of non-ortho nitro benzene ring substituents is 1. The Balaban J connectivity index is 1.38. The molecule has 1 N–H and O–H groups in total. The van der Waals surface area contributed by atoms with Crippen LogP contribution in [0.4, 0.5) is 24.7 Å². The van der Waals surface area contributed by atoms with Gasteiger partial charge < -0.3 is 15.1 Å². The molecular weight excluding hydrogens is 491 g/mol. The molecule has 1 saturated heterocycles. The highest BCUT2D eigenvalue weighted by atomic mass is 19.4. The first-order valence-corrected chi connectivity index (χ1v) is 11.3. The molecule has 12 heteroatoms. The maximum atomic E-state index is 13.4. The number of pyridine rings is 1. The second-order valence-electron chi connectivity index (χ2n) is 8.38. The Bertz CT molecular complexity index is 1300. The van der Waals surface area contributed by atoms with Crippen molar-refractivity contribution < 1.29 is 27.7 Å². The third-order valence-electron chi connectivity index (χ3n) is 5.88. The molecule has 1 aliphatic heterocycles. The smallest absolute Gasteiger partial charge is 0.348 e. The van der Waals surface area contributed by atoms with Gasteiger partial charge in [0.15, 0.2) is 0 Å². The molecule has 3 aromatic rings. The largest absolute Gasteiger partial charge is 0.417 e. The van der Waals surface area contributed by atoms with Crippen LogP contribution in [0.5, 0.6) is 0 Å². The summed E-state index contributed by atoms with van der Waals surface area (Å²) in [6, 6.07) is 13.7. The van der Waals surface area contributed by atoms with Crippen molar-refractivity contribution in [2.75, 3.05) is 24.7 Å². The van der Waals surface area contributed by atoms with Crippen molar-refractivity contribution in [3.05, 3.63) is 99.2 Å². The molecule has 0 radical (unpaired) electrons. The van der Waals surface area contributed by atoms with Gasteiger partial charge in [0.2, 0.25) is 0 Å². The summed E-state index contributed by atoms with van der Waals surface area (Å²) in [6.07, 6.45) is -2.72. The Kier molecular flexibility index (Phi) is 7.37. The molecule has 4 rings (SSSR count). The monoisotopic (exact) mass is 513 g/mol. The Hall–Kier alpha value is -4.48. The number of nitrogens with one attached hydrogen (secondary N) is 1. The highest BCUT2D eigenvalue weighted by Crippen LogP contribution is 2.32. The van der Waals surface area contributed by atoms with Gasteiger partial charge in [-0.1, -0.05) is 24.3 Å². The number of aromatic nitrogens is 1. The van der Waals surface area contributed by atoms with Crippen molar-refractivity contribution in [3.63, 3.8) is 0 Å². The fourth-order valence-corrected chi connectivity index (χ4v) is 3.97. The minimum Gasteiger partial charge on any atom is -0.348 e. The van der Waals surface area contributed by atoms with E-state index in [0.717, 1.165) is 6.07 Å². The molecule has 0 saturated carbocycles. The molecule has 2 heterocycles. The molecule has 0 spiro atoms. The SMILES string of the molecule is O=C(NCc1ccc([N+](=O)[O-])cc1)c1ccc(N2CCCN(C(=O)c3ccccc3C(F)(F)F)C2)nc1. The molecule has 1 aliphatic rings. The maximum absolute atomic E-state index is 13.4. The highest BCUT2D eigenvalue weighted by Gasteiger charge is 2.36. The van der Waals surface area contributed by atoms with Crippen LogP contribution in [0.1, 0.15) is 38.3 Å². The molecule has 1 fully saturated rings. The van der Waals surface area contributed by atoms with Crippen LogP contribution in [-0.4, -0.2) is 46.4 Å². The fraction of sp³-hybridized carbons (Fsp3) is 0.240. The van der Waals surface area contributed by atoms with Crippen molar-refractivity contribution in [2.24, 2.45) is 0 Å². The van der Waals surface area contributed by atoms with E-state index < -0.39 is 34.0 Å². The summed E-state index contributed by atoms with van der Waals surface area (Å²) in [5.41, 5.74) is -0.440. The summed E-state index contributed by atoms with van der Waals surface area (Å²) in [5.74, 6) is -0.620. The third kappa shape index (κ3) is 6.02. The Morgan fingerprint density at radius 3 is 2.41 bits per heavy atom. The van der Waals surface area contributed by atoms with Crippen molar-refractivity contribution in [1.29, 1.82) is 0 Å². The van der Waals surface area contributed by atoms with E-state index >= 15 is 0 Å². The summed E-state index contributed by atoms with van der Waals surface area (Å²) in [6.45, 7) is 1.08. The first-order valence-electron chi connectivity index (χ1n) is 11.3. The van der Waals surface area contributed by atoms with E-state index in [9.17, 15) is 32.9 Å². The van der Waals surface area contributed by atoms with Gasteiger partial charge in [-0.3, -0.25) is 19.7 Å². The van der Waals surface area contributed by atoms with Gasteiger partial charge >= 0.3 is 6.18 Å². The number of carbonyl (C=O) groups excluding carboxylic acids is 2. The van der Waals surface area contributed by atoms with Crippen molar-refractivity contribution >= 4 is 23.3 Å². The average Bonchev–Trinajstić information content (AvgIpc) is 2.91. The van der Waals surface area contributed by atoms with Gasteiger partial charge in [-0.2, -0.15) is 13.2 Å². The highest BCUT2D eigenvalue weighted by molar-refractivity contribution is 5.96. The zero-order valence-corrected chi connectivity index (χ0v) is 19.4. The first-order chi connectivity index (χ1) is 17.6. The number of carbonyl (C=O) groups is 2. The van der Waals surface area contributed by atoms with Crippen LogP contribution < -0.4 is 10.2 Å². The van der Waals surface area contributed by atoms with E-state index in [2.05, 4.69) is 10.3 Å². The van der Waals surface area contributed by atoms with E-state index in [0.29, 0.717) is 30.9 Å². The average molecular weight is 513 g/mol. The number of alkyl halides is 3. The van der Waals surface area contributed by atoms with E-state index in [1.807, 2.05) is 0 Å². The lowest BCUT2D eigenvalue weighted by molar-refractivity contribution is -0.384. The van der Waals surface area contributed by atoms with Crippen LogP contribution in [0, 0.1) is 10.1 Å². The summed E-state index contributed by atoms with van der Waals surface area (Å²) >= 11 is 0. The molecule has 37 heavy (non-hydrogen) atoms. The van der Waals surface area contributed by atoms with Crippen LogP contribution in [-0.2, 0) is 12.7 Å². The zero-order chi connectivity index (χ0) is 26.6. The Morgan fingerprint density at radius 1 is 1.03 bits per heavy atom. The molecule has 0 atom stereocenters. The van der Waals surface area contributed by atoms with Gasteiger partial charge in [0.25, 0.3) is 17.5 Å². The number of benzene rings is 2. The van der Waals surface area contributed by atoms with Crippen molar-refractivity contribution in [3.8, 4) is 0 Å². The molecule has 9 nitrogen and oxygen atoms in total. The Morgan fingerprint density at radius 2 is 1.76 bits per heavy atom. The normalized spacial score (nSPS) is 13.8. The number of nitro benzene ring substituents is 1. The van der Waals surface area contributed by atoms with Crippen LogP contribution in [0.25, 0.3) is 0 Å². The molecule has 0 unspecified atom stereocenters. The molecule has 1 aromatic heterocycles. The minimum absolute atomic E-state index is 0.0441. The van der Waals surface area contributed by atoms with Crippen molar-refractivity contribution in [1.82, 2.24) is 15.2 Å². The van der Waals surface area contributed by atoms with Gasteiger partial charge in [-0.25, -0.2) is 4.98 Å². The standard InChI is InChI=1S/C25H22F3N5O4/c26-25(27,28)21-5-2-1-4-20(21)24(35)32-13-3-12-31(16-32)22-11-8-18(15-29-22)23(34)30-14-17-6-9-19(10-7-17)33(36)37/h1-2,4-11,15H,3,12-14,16H2,(H,30,34). The number of nitro groups is 1. The Labute approximate surface area is 209 Å². The molecule has 2 aromatic carbocycles. The number of hydrogen-bond donors (Lipinski definition) is 1. The van der Waals surface area contributed by atoms with Crippen molar-refractivity contribution in [2.45, 2.75) is 19.1 Å². The van der Waals surface area contributed by atoms with E-state index in [-0.39, 0.29) is 24.5 Å². The number of hydrogen-bond acceptors (Lipinski definition) is 6. The summed E-state index contributed by atoms with van der Waals surface area (Å²) in [5, 5.41) is 13.4. The lowest BCUT2D eigenvalue weighted by Crippen LogP contribution is -2.48. The molecule has 0 aliphatic carbocycles. The topological polar surface area (TPSA) is 109 Å². The fourth-order valence-electron chi connectivity index (χ4n) is 3.97.